The minimum atomic E-state index is -0.686. The van der Waals surface area contributed by atoms with Gasteiger partial charge in [-0.05, 0) is 26.7 Å². The van der Waals surface area contributed by atoms with E-state index in [2.05, 4.69) is 0 Å². The SMILES string of the molecule is CC=C(C)C[C@H](CC)C(=O)O. The second-order valence-electron chi connectivity index (χ2n) is 2.78. The van der Waals surface area contributed by atoms with E-state index in [0.29, 0.717) is 12.8 Å². The first-order valence-electron chi connectivity index (χ1n) is 3.96. The van der Waals surface area contributed by atoms with Crippen LogP contribution in [-0.2, 0) is 4.79 Å². The van der Waals surface area contributed by atoms with E-state index in [1.807, 2.05) is 26.8 Å². The van der Waals surface area contributed by atoms with Gasteiger partial charge >= 0.3 is 5.97 Å². The van der Waals surface area contributed by atoms with Crippen molar-refractivity contribution >= 4 is 5.97 Å². The van der Waals surface area contributed by atoms with Crippen LogP contribution in [0.2, 0.25) is 0 Å². The molecule has 11 heavy (non-hydrogen) atoms. The third kappa shape index (κ3) is 3.81. The highest BCUT2D eigenvalue weighted by molar-refractivity contribution is 5.70. The molecule has 0 bridgehead atoms. The summed E-state index contributed by atoms with van der Waals surface area (Å²) >= 11 is 0. The molecule has 0 aromatic carbocycles. The zero-order chi connectivity index (χ0) is 8.85. The molecule has 2 nitrogen and oxygen atoms in total. The Labute approximate surface area is 67.9 Å². The van der Waals surface area contributed by atoms with E-state index in [1.165, 1.54) is 0 Å². The average Bonchev–Trinajstić information content (AvgIpc) is 1.99. The van der Waals surface area contributed by atoms with Gasteiger partial charge in [-0.2, -0.15) is 0 Å². The van der Waals surface area contributed by atoms with Gasteiger partial charge in [-0.15, -0.1) is 0 Å². The maximum absolute atomic E-state index is 10.6. The third-order valence-corrected chi connectivity index (χ3v) is 1.90. The van der Waals surface area contributed by atoms with E-state index in [-0.39, 0.29) is 5.92 Å². The van der Waals surface area contributed by atoms with Crippen LogP contribution in [0.3, 0.4) is 0 Å². The summed E-state index contributed by atoms with van der Waals surface area (Å²) in [5.41, 5.74) is 1.15. The summed E-state index contributed by atoms with van der Waals surface area (Å²) in [6.45, 7) is 5.80. The first-order valence-corrected chi connectivity index (χ1v) is 3.96. The standard InChI is InChI=1S/C9H16O2/c1-4-7(3)6-8(5-2)9(10)11/h4,8H,5-6H2,1-3H3,(H,10,11)/t8-/m0/s1. The van der Waals surface area contributed by atoms with Gasteiger partial charge < -0.3 is 5.11 Å². The fraction of sp³-hybridized carbons (Fsp3) is 0.667. The second-order valence-corrected chi connectivity index (χ2v) is 2.78. The van der Waals surface area contributed by atoms with Gasteiger partial charge in [-0.3, -0.25) is 4.79 Å². The summed E-state index contributed by atoms with van der Waals surface area (Å²) in [6.07, 6.45) is 3.36. The monoisotopic (exact) mass is 156 g/mol. The molecule has 0 heterocycles. The molecular formula is C9H16O2. The van der Waals surface area contributed by atoms with Crippen LogP contribution in [0.25, 0.3) is 0 Å². The second kappa shape index (κ2) is 4.94. The molecule has 0 saturated carbocycles. The Hall–Kier alpha value is -0.790. The van der Waals surface area contributed by atoms with Crippen molar-refractivity contribution < 1.29 is 9.90 Å². The maximum Gasteiger partial charge on any atom is 0.306 e. The van der Waals surface area contributed by atoms with Gasteiger partial charge in [-0.25, -0.2) is 0 Å². The summed E-state index contributed by atoms with van der Waals surface area (Å²) in [6, 6.07) is 0. The first kappa shape index (κ1) is 10.2. The molecule has 0 radical (unpaired) electrons. The molecular weight excluding hydrogens is 140 g/mol. The van der Waals surface area contributed by atoms with E-state index < -0.39 is 5.97 Å². The molecule has 1 atom stereocenters. The van der Waals surface area contributed by atoms with Crippen molar-refractivity contribution in [3.63, 3.8) is 0 Å². The zero-order valence-electron chi connectivity index (χ0n) is 7.42. The normalized spacial score (nSPS) is 14.6. The number of rotatable bonds is 4. The lowest BCUT2D eigenvalue weighted by molar-refractivity contribution is -0.141. The number of aliphatic carboxylic acids is 1. The first-order chi connectivity index (χ1) is 5.11. The Balaban J connectivity index is 3.98. The molecule has 1 N–H and O–H groups in total. The molecule has 0 aliphatic heterocycles. The number of carboxylic acid groups (broad SMARTS) is 1. The van der Waals surface area contributed by atoms with Crippen molar-refractivity contribution in [1.29, 1.82) is 0 Å². The van der Waals surface area contributed by atoms with Gasteiger partial charge in [0.05, 0.1) is 5.92 Å². The highest BCUT2D eigenvalue weighted by Gasteiger charge is 2.14. The van der Waals surface area contributed by atoms with Gasteiger partial charge in [0.1, 0.15) is 0 Å². The summed E-state index contributed by atoms with van der Waals surface area (Å²) in [7, 11) is 0. The minimum Gasteiger partial charge on any atom is -0.481 e. The minimum absolute atomic E-state index is 0.203. The highest BCUT2D eigenvalue weighted by Crippen LogP contribution is 2.14. The largest absolute Gasteiger partial charge is 0.481 e. The molecule has 2 heteroatoms. The van der Waals surface area contributed by atoms with Gasteiger partial charge in [0.15, 0.2) is 0 Å². The van der Waals surface area contributed by atoms with Crippen LogP contribution in [0.15, 0.2) is 11.6 Å². The van der Waals surface area contributed by atoms with Gasteiger partial charge in [-0.1, -0.05) is 18.6 Å². The fourth-order valence-corrected chi connectivity index (χ4v) is 0.913. The molecule has 0 aromatic heterocycles. The molecule has 0 saturated heterocycles. The van der Waals surface area contributed by atoms with Crippen LogP contribution in [0, 0.1) is 5.92 Å². The zero-order valence-corrected chi connectivity index (χ0v) is 7.42. The number of allylic oxidation sites excluding steroid dienone is 2. The maximum atomic E-state index is 10.6. The number of hydrogen-bond donors (Lipinski definition) is 1. The lowest BCUT2D eigenvalue weighted by atomic mass is 9.98. The molecule has 0 aliphatic rings. The Morgan fingerprint density at radius 1 is 1.64 bits per heavy atom. The predicted molar refractivity (Wildman–Crippen MR) is 45.5 cm³/mol. The average molecular weight is 156 g/mol. The van der Waals surface area contributed by atoms with E-state index in [0.717, 1.165) is 5.57 Å². The molecule has 0 amide bonds. The summed E-state index contributed by atoms with van der Waals surface area (Å²) in [5, 5.41) is 8.69. The number of carbonyl (C=O) groups is 1. The fourth-order valence-electron chi connectivity index (χ4n) is 0.913. The third-order valence-electron chi connectivity index (χ3n) is 1.90. The van der Waals surface area contributed by atoms with Gasteiger partial charge in [0.2, 0.25) is 0 Å². The summed E-state index contributed by atoms with van der Waals surface area (Å²) < 4.78 is 0. The van der Waals surface area contributed by atoms with Crippen LogP contribution in [0.4, 0.5) is 0 Å². The lowest BCUT2D eigenvalue weighted by Crippen LogP contribution is -2.12. The topological polar surface area (TPSA) is 37.3 Å². The van der Waals surface area contributed by atoms with Crippen molar-refractivity contribution in [3.05, 3.63) is 11.6 Å². The molecule has 0 rings (SSSR count). The Morgan fingerprint density at radius 3 is 2.45 bits per heavy atom. The van der Waals surface area contributed by atoms with Crippen LogP contribution >= 0.6 is 0 Å². The molecule has 0 spiro atoms. The van der Waals surface area contributed by atoms with Gasteiger partial charge in [0.25, 0.3) is 0 Å². The van der Waals surface area contributed by atoms with Crippen molar-refractivity contribution in [2.24, 2.45) is 5.92 Å². The highest BCUT2D eigenvalue weighted by atomic mass is 16.4. The van der Waals surface area contributed by atoms with Crippen LogP contribution in [0.5, 0.6) is 0 Å². The van der Waals surface area contributed by atoms with Crippen molar-refractivity contribution in [2.75, 3.05) is 0 Å². The molecule has 64 valence electrons. The van der Waals surface area contributed by atoms with Gasteiger partial charge in [0, 0.05) is 0 Å². The Morgan fingerprint density at radius 2 is 2.18 bits per heavy atom. The summed E-state index contributed by atoms with van der Waals surface area (Å²) in [4.78, 5) is 10.6. The van der Waals surface area contributed by atoms with Crippen molar-refractivity contribution in [1.82, 2.24) is 0 Å². The molecule has 0 aromatic rings. The smallest absolute Gasteiger partial charge is 0.306 e. The molecule has 0 unspecified atom stereocenters. The number of carboxylic acids is 1. The predicted octanol–water partition coefficient (Wildman–Crippen LogP) is 2.45. The van der Waals surface area contributed by atoms with Crippen LogP contribution in [-0.4, -0.2) is 11.1 Å². The quantitative estimate of drug-likeness (QED) is 0.635. The Bertz CT molecular complexity index is 159. The van der Waals surface area contributed by atoms with Crippen molar-refractivity contribution in [3.8, 4) is 0 Å². The van der Waals surface area contributed by atoms with Crippen molar-refractivity contribution in [2.45, 2.75) is 33.6 Å². The number of hydrogen-bond acceptors (Lipinski definition) is 1. The lowest BCUT2D eigenvalue weighted by Gasteiger charge is -2.08. The Kier molecular flexibility index (Phi) is 4.59. The van der Waals surface area contributed by atoms with E-state index in [1.54, 1.807) is 0 Å². The van der Waals surface area contributed by atoms with Crippen LogP contribution < -0.4 is 0 Å². The summed E-state index contributed by atoms with van der Waals surface area (Å²) in [5.74, 6) is -0.889. The van der Waals surface area contributed by atoms with Crippen LogP contribution in [0.1, 0.15) is 33.6 Å². The molecule has 0 fully saturated rings. The van der Waals surface area contributed by atoms with E-state index in [9.17, 15) is 4.79 Å². The van der Waals surface area contributed by atoms with E-state index >= 15 is 0 Å². The molecule has 0 aliphatic carbocycles. The van der Waals surface area contributed by atoms with E-state index in [4.69, 9.17) is 5.11 Å².